The Morgan fingerprint density at radius 3 is 1.94 bits per heavy atom. The van der Waals surface area contributed by atoms with Crippen LogP contribution in [0, 0.1) is 17.2 Å². The summed E-state index contributed by atoms with van der Waals surface area (Å²) in [6, 6.07) is 44.0. The van der Waals surface area contributed by atoms with Crippen LogP contribution >= 0.6 is 23.2 Å². The number of nitriles is 1. The molecule has 274 valence electrons. The van der Waals surface area contributed by atoms with Gasteiger partial charge in [-0.15, -0.1) is 0 Å². The minimum absolute atomic E-state index is 0.158. The molecule has 7 rings (SSSR count). The lowest BCUT2D eigenvalue weighted by Crippen LogP contribution is -2.38. The van der Waals surface area contributed by atoms with Gasteiger partial charge >= 0.3 is 6.09 Å². The van der Waals surface area contributed by atoms with E-state index in [4.69, 9.17) is 33.0 Å². The maximum absolute atomic E-state index is 11.8. The number of halogens is 2. The second-order valence-corrected chi connectivity index (χ2v) is 14.2. The Labute approximate surface area is 325 Å². The second-order valence-electron chi connectivity index (χ2n) is 13.4. The van der Waals surface area contributed by atoms with Gasteiger partial charge in [-0.05, 0) is 71.8 Å². The van der Waals surface area contributed by atoms with Crippen LogP contribution in [0.2, 0.25) is 5.02 Å². The smallest absolute Gasteiger partial charge is 0.411 e. The lowest BCUT2D eigenvalue weighted by Gasteiger charge is -2.37. The zero-order valence-electron chi connectivity index (χ0n) is 30.2. The lowest BCUT2D eigenvalue weighted by molar-refractivity contribution is -0.105. The summed E-state index contributed by atoms with van der Waals surface area (Å²) < 4.78 is 7.09. The first-order chi connectivity index (χ1) is 26.3. The predicted molar refractivity (Wildman–Crippen MR) is 216 cm³/mol. The van der Waals surface area contributed by atoms with Crippen molar-refractivity contribution in [3.8, 4) is 17.2 Å². The van der Waals surface area contributed by atoms with Gasteiger partial charge in [0.1, 0.15) is 5.54 Å². The van der Waals surface area contributed by atoms with E-state index in [0.717, 1.165) is 64.7 Å². The van der Waals surface area contributed by atoms with Gasteiger partial charge < -0.3 is 15.0 Å². The highest BCUT2D eigenvalue weighted by atomic mass is 35.5. The third-order valence-corrected chi connectivity index (χ3v) is 10.4. The molecule has 0 bridgehead atoms. The SMILES string of the molecule is CC(C)C(Cl)OC(=O)N1CCCCC1.N#Cc1ccc(Cl)c(-c2ccc3c(c2)c(NC=O)nn3C(c2ccccc2)(c2ccccc2)c2ccccc2)c1. The molecule has 54 heavy (non-hydrogen) atoms. The van der Waals surface area contributed by atoms with Crippen molar-refractivity contribution < 1.29 is 14.3 Å². The summed E-state index contributed by atoms with van der Waals surface area (Å²) in [5, 5.41) is 18.6. The zero-order valence-corrected chi connectivity index (χ0v) is 31.7. The number of benzene rings is 5. The fourth-order valence-electron chi connectivity index (χ4n) is 6.81. The van der Waals surface area contributed by atoms with E-state index in [0.29, 0.717) is 22.8 Å². The molecule has 5 aromatic carbocycles. The molecule has 1 saturated heterocycles. The van der Waals surface area contributed by atoms with Crippen LogP contribution in [-0.2, 0) is 15.1 Å². The predicted octanol–water partition coefficient (Wildman–Crippen LogP) is 10.5. The molecule has 2 heterocycles. The quantitative estimate of drug-likeness (QED) is 0.0899. The van der Waals surface area contributed by atoms with Gasteiger partial charge in [0, 0.05) is 35.0 Å². The normalized spacial score (nSPS) is 13.4. The lowest BCUT2D eigenvalue weighted by atomic mass is 9.77. The summed E-state index contributed by atoms with van der Waals surface area (Å²) in [7, 11) is 0. The average Bonchev–Trinajstić information content (AvgIpc) is 3.57. The number of piperidine rings is 1. The monoisotopic (exact) mass is 757 g/mol. The van der Waals surface area contributed by atoms with E-state index in [1.807, 2.05) is 91.3 Å². The Kier molecular flexibility index (Phi) is 12.3. The number of anilines is 1. The van der Waals surface area contributed by atoms with Crippen LogP contribution in [-0.4, -0.2) is 45.8 Å². The van der Waals surface area contributed by atoms with Crippen LogP contribution in [0.1, 0.15) is 55.4 Å². The summed E-state index contributed by atoms with van der Waals surface area (Å²) in [6.07, 6.45) is 3.72. The molecule has 10 heteroatoms. The molecule has 1 unspecified atom stereocenters. The molecule has 1 N–H and O–H groups in total. The van der Waals surface area contributed by atoms with Gasteiger partial charge in [-0.2, -0.15) is 10.4 Å². The number of hydrogen-bond acceptors (Lipinski definition) is 5. The fourth-order valence-corrected chi connectivity index (χ4v) is 7.11. The number of alkyl halides is 1. The van der Waals surface area contributed by atoms with E-state index in [9.17, 15) is 14.9 Å². The summed E-state index contributed by atoms with van der Waals surface area (Å²) >= 11 is 12.4. The Morgan fingerprint density at radius 1 is 0.852 bits per heavy atom. The van der Waals surface area contributed by atoms with Crippen LogP contribution < -0.4 is 5.32 Å². The molecule has 1 aliphatic heterocycles. The maximum atomic E-state index is 11.8. The van der Waals surface area contributed by atoms with Crippen molar-refractivity contribution in [2.45, 2.75) is 44.2 Å². The van der Waals surface area contributed by atoms with E-state index >= 15 is 0 Å². The number of carbonyl (C=O) groups excluding carboxylic acids is 2. The Morgan fingerprint density at radius 2 is 1.43 bits per heavy atom. The molecule has 8 nitrogen and oxygen atoms in total. The minimum atomic E-state index is -0.856. The first-order valence-electron chi connectivity index (χ1n) is 18.0. The van der Waals surface area contributed by atoms with E-state index in [2.05, 4.69) is 47.8 Å². The van der Waals surface area contributed by atoms with Crippen molar-refractivity contribution in [3.05, 3.63) is 155 Å². The van der Waals surface area contributed by atoms with Gasteiger partial charge in [0.25, 0.3) is 0 Å². The van der Waals surface area contributed by atoms with Crippen molar-refractivity contribution in [1.29, 1.82) is 5.26 Å². The second kappa shape index (κ2) is 17.5. The van der Waals surface area contributed by atoms with Crippen LogP contribution in [0.4, 0.5) is 10.6 Å². The van der Waals surface area contributed by atoms with Gasteiger partial charge in [0.05, 0.1) is 17.1 Å². The highest BCUT2D eigenvalue weighted by Crippen LogP contribution is 2.44. The summed E-state index contributed by atoms with van der Waals surface area (Å²) in [4.78, 5) is 25.0. The molecule has 6 aromatic rings. The minimum Gasteiger partial charge on any atom is -0.429 e. The average molecular weight is 759 g/mol. The molecule has 0 radical (unpaired) electrons. The first kappa shape index (κ1) is 38.1. The molecule has 0 aliphatic carbocycles. The van der Waals surface area contributed by atoms with Crippen LogP contribution in [0.5, 0.6) is 0 Å². The molecule has 0 saturated carbocycles. The van der Waals surface area contributed by atoms with Crippen molar-refractivity contribution in [3.63, 3.8) is 0 Å². The molecule has 1 atom stereocenters. The van der Waals surface area contributed by atoms with Crippen LogP contribution in [0.25, 0.3) is 22.0 Å². The van der Waals surface area contributed by atoms with Gasteiger partial charge in [-0.1, -0.05) is 134 Å². The number of hydrogen-bond donors (Lipinski definition) is 1. The number of rotatable bonds is 9. The largest absolute Gasteiger partial charge is 0.429 e. The number of carbonyl (C=O) groups is 2. The summed E-state index contributed by atoms with van der Waals surface area (Å²) in [6.45, 7) is 5.48. The molecule has 1 fully saturated rings. The topological polar surface area (TPSA) is 100 Å². The highest BCUT2D eigenvalue weighted by Gasteiger charge is 2.41. The van der Waals surface area contributed by atoms with Gasteiger partial charge in [0.15, 0.2) is 11.4 Å². The number of ether oxygens (including phenoxy) is 1. The number of aromatic nitrogens is 2. The Bertz CT molecular complexity index is 2140. The number of amides is 2. The van der Waals surface area contributed by atoms with Crippen molar-refractivity contribution >= 4 is 52.4 Å². The highest BCUT2D eigenvalue weighted by molar-refractivity contribution is 6.33. The van der Waals surface area contributed by atoms with Gasteiger partial charge in [0.2, 0.25) is 6.41 Å². The molecule has 0 spiro atoms. The van der Waals surface area contributed by atoms with E-state index < -0.39 is 11.1 Å². The summed E-state index contributed by atoms with van der Waals surface area (Å²) in [5.74, 6) is 0.581. The molecule has 1 aromatic heterocycles. The number of nitrogens with zero attached hydrogens (tertiary/aromatic N) is 4. The number of fused-ring (bicyclic) bond motifs is 1. The molecule has 1 aliphatic rings. The van der Waals surface area contributed by atoms with Crippen molar-refractivity contribution in [1.82, 2.24) is 14.7 Å². The molecular formula is C44H41Cl2N5O3. The molecule has 2 amide bonds. The standard InChI is InChI=1S/C34H23ClN4O.C10H18ClNO2/c35-31-18-16-24(22-36)20-29(31)25-17-19-32-30(21-25)33(37-23-40)38-39(32)34(26-10-4-1-5-11-26,27-12-6-2-7-13-27)28-14-8-3-9-15-28;1-8(2)9(11)14-10(13)12-6-4-3-5-7-12/h1-21,23H,(H,37,38,40);8-9H,3-7H2,1-2H3. The Balaban J connectivity index is 0.000000300. The van der Waals surface area contributed by atoms with Crippen molar-refractivity contribution in [2.75, 3.05) is 18.4 Å². The Hall–Kier alpha value is -5.62. The van der Waals surface area contributed by atoms with Crippen LogP contribution in [0.3, 0.4) is 0 Å². The fraction of sp³-hybridized carbons (Fsp3) is 0.227. The zero-order chi connectivity index (χ0) is 38.1. The van der Waals surface area contributed by atoms with Gasteiger partial charge in [-0.25, -0.2) is 9.48 Å². The van der Waals surface area contributed by atoms with Crippen molar-refractivity contribution in [2.24, 2.45) is 5.92 Å². The van der Waals surface area contributed by atoms with Crippen LogP contribution in [0.15, 0.2) is 127 Å². The van der Waals surface area contributed by atoms with E-state index in [1.54, 1.807) is 23.1 Å². The molecular weight excluding hydrogens is 717 g/mol. The first-order valence-corrected chi connectivity index (χ1v) is 18.8. The summed E-state index contributed by atoms with van der Waals surface area (Å²) in [5.41, 5.74) is 4.56. The maximum Gasteiger partial charge on any atom is 0.411 e. The van der Waals surface area contributed by atoms with Gasteiger partial charge in [-0.3, -0.25) is 4.79 Å². The third kappa shape index (κ3) is 7.98. The third-order valence-electron chi connectivity index (χ3n) is 9.53. The van der Waals surface area contributed by atoms with E-state index in [-0.39, 0.29) is 12.0 Å². The number of nitrogens with one attached hydrogen (secondary N) is 1. The number of likely N-dealkylation sites (tertiary alicyclic amines) is 1. The van der Waals surface area contributed by atoms with E-state index in [1.165, 1.54) is 6.42 Å².